The van der Waals surface area contributed by atoms with Crippen molar-refractivity contribution < 1.29 is 14.7 Å². The maximum Gasteiger partial charge on any atom is 0.335 e. The van der Waals surface area contributed by atoms with Gasteiger partial charge >= 0.3 is 5.97 Å². The van der Waals surface area contributed by atoms with Crippen LogP contribution < -0.4 is 5.32 Å². The second kappa shape index (κ2) is 7.33. The average Bonchev–Trinajstić information content (AvgIpc) is 2.43. The zero-order chi connectivity index (χ0) is 15.2. The molecule has 1 amide bonds. The van der Waals surface area contributed by atoms with E-state index in [0.29, 0.717) is 24.9 Å². The standard InChI is InChI=1S/C15H21NO3S/c1-15(2,20-3)10-16-13(17)9-8-11-6-4-5-7-12(11)14(18)19/h4-7H,8-10H2,1-3H3,(H,16,17)(H,18,19). The number of carbonyl (C=O) groups is 2. The van der Waals surface area contributed by atoms with Crippen LogP contribution in [0.15, 0.2) is 24.3 Å². The molecule has 0 fully saturated rings. The Balaban J connectivity index is 2.52. The van der Waals surface area contributed by atoms with E-state index >= 15 is 0 Å². The fourth-order valence-electron chi connectivity index (χ4n) is 1.67. The Morgan fingerprint density at radius 2 is 1.95 bits per heavy atom. The van der Waals surface area contributed by atoms with Gasteiger partial charge in [0.1, 0.15) is 0 Å². The molecule has 0 aliphatic carbocycles. The van der Waals surface area contributed by atoms with E-state index in [2.05, 4.69) is 19.2 Å². The maximum atomic E-state index is 11.8. The minimum atomic E-state index is -0.954. The number of aryl methyl sites for hydroxylation is 1. The number of hydrogen-bond acceptors (Lipinski definition) is 3. The Hall–Kier alpha value is -1.49. The lowest BCUT2D eigenvalue weighted by molar-refractivity contribution is -0.121. The third-order valence-electron chi connectivity index (χ3n) is 3.13. The van der Waals surface area contributed by atoms with Gasteiger partial charge in [0.2, 0.25) is 5.91 Å². The number of benzene rings is 1. The van der Waals surface area contributed by atoms with Gasteiger partial charge < -0.3 is 10.4 Å². The maximum absolute atomic E-state index is 11.8. The summed E-state index contributed by atoms with van der Waals surface area (Å²) in [5, 5.41) is 12.0. The largest absolute Gasteiger partial charge is 0.478 e. The molecule has 0 saturated carbocycles. The summed E-state index contributed by atoms with van der Waals surface area (Å²) in [4.78, 5) is 22.9. The summed E-state index contributed by atoms with van der Waals surface area (Å²) in [5.74, 6) is -1.00. The first-order chi connectivity index (χ1) is 9.35. The highest BCUT2D eigenvalue weighted by Crippen LogP contribution is 2.19. The number of amides is 1. The zero-order valence-electron chi connectivity index (χ0n) is 12.1. The molecule has 0 atom stereocenters. The summed E-state index contributed by atoms with van der Waals surface area (Å²) in [7, 11) is 0. The van der Waals surface area contributed by atoms with Crippen molar-refractivity contribution in [1.82, 2.24) is 5.32 Å². The highest BCUT2D eigenvalue weighted by atomic mass is 32.2. The van der Waals surface area contributed by atoms with Gasteiger partial charge in [-0.25, -0.2) is 4.79 Å². The Bertz CT molecular complexity index is 486. The van der Waals surface area contributed by atoms with Gasteiger partial charge in [-0.3, -0.25) is 4.79 Å². The highest BCUT2D eigenvalue weighted by Gasteiger charge is 2.17. The number of rotatable bonds is 7. The molecule has 0 bridgehead atoms. The van der Waals surface area contributed by atoms with Gasteiger partial charge in [0, 0.05) is 17.7 Å². The molecule has 0 aliphatic heterocycles. The summed E-state index contributed by atoms with van der Waals surface area (Å²) < 4.78 is 0.00856. The van der Waals surface area contributed by atoms with Crippen molar-refractivity contribution in [2.45, 2.75) is 31.4 Å². The number of carboxylic acids is 1. The third-order valence-corrected chi connectivity index (χ3v) is 4.38. The Morgan fingerprint density at radius 3 is 2.55 bits per heavy atom. The van der Waals surface area contributed by atoms with Crippen LogP contribution in [0.4, 0.5) is 0 Å². The highest BCUT2D eigenvalue weighted by molar-refractivity contribution is 7.99. The smallest absolute Gasteiger partial charge is 0.335 e. The van der Waals surface area contributed by atoms with E-state index < -0.39 is 5.97 Å². The molecular weight excluding hydrogens is 274 g/mol. The second-order valence-corrected chi connectivity index (χ2v) is 6.72. The molecule has 1 aromatic rings. The summed E-state index contributed by atoms with van der Waals surface area (Å²) in [6.07, 6.45) is 2.75. The molecule has 0 radical (unpaired) electrons. The minimum Gasteiger partial charge on any atom is -0.478 e. The van der Waals surface area contributed by atoms with Crippen molar-refractivity contribution in [2.75, 3.05) is 12.8 Å². The molecular formula is C15H21NO3S. The van der Waals surface area contributed by atoms with Gasteiger partial charge in [-0.15, -0.1) is 0 Å². The fraction of sp³-hybridized carbons (Fsp3) is 0.467. The summed E-state index contributed by atoms with van der Waals surface area (Å²) in [6, 6.07) is 6.79. The Kier molecular flexibility index (Phi) is 6.07. The SMILES string of the molecule is CSC(C)(C)CNC(=O)CCc1ccccc1C(=O)O. The van der Waals surface area contributed by atoms with Gasteiger partial charge in [-0.1, -0.05) is 18.2 Å². The van der Waals surface area contributed by atoms with Gasteiger partial charge in [-0.2, -0.15) is 11.8 Å². The van der Waals surface area contributed by atoms with Crippen LogP contribution in [-0.2, 0) is 11.2 Å². The van der Waals surface area contributed by atoms with Crippen molar-refractivity contribution in [1.29, 1.82) is 0 Å². The first-order valence-electron chi connectivity index (χ1n) is 6.49. The predicted molar refractivity (Wildman–Crippen MR) is 82.3 cm³/mol. The van der Waals surface area contributed by atoms with Crippen molar-refractivity contribution in [3.63, 3.8) is 0 Å². The topological polar surface area (TPSA) is 66.4 Å². The van der Waals surface area contributed by atoms with E-state index in [1.54, 1.807) is 36.0 Å². The normalized spacial score (nSPS) is 11.2. The van der Waals surface area contributed by atoms with Gasteiger partial charge in [-0.05, 0) is 38.2 Å². The van der Waals surface area contributed by atoms with E-state index in [0.717, 1.165) is 0 Å². The zero-order valence-corrected chi connectivity index (χ0v) is 12.9. The lowest BCUT2D eigenvalue weighted by atomic mass is 10.0. The van der Waals surface area contributed by atoms with Crippen molar-refractivity contribution in [3.8, 4) is 0 Å². The van der Waals surface area contributed by atoms with Gasteiger partial charge in [0.05, 0.1) is 5.56 Å². The van der Waals surface area contributed by atoms with Gasteiger partial charge in [0.15, 0.2) is 0 Å². The first-order valence-corrected chi connectivity index (χ1v) is 7.71. The monoisotopic (exact) mass is 295 g/mol. The van der Waals surface area contributed by atoms with Crippen LogP contribution in [0.1, 0.15) is 36.2 Å². The van der Waals surface area contributed by atoms with Crippen molar-refractivity contribution in [3.05, 3.63) is 35.4 Å². The van der Waals surface area contributed by atoms with E-state index in [-0.39, 0.29) is 16.2 Å². The van der Waals surface area contributed by atoms with E-state index in [9.17, 15) is 9.59 Å². The molecule has 4 nitrogen and oxygen atoms in total. The van der Waals surface area contributed by atoms with Crippen LogP contribution in [0.5, 0.6) is 0 Å². The molecule has 0 saturated heterocycles. The molecule has 110 valence electrons. The lowest BCUT2D eigenvalue weighted by Gasteiger charge is -2.22. The number of hydrogen-bond donors (Lipinski definition) is 2. The van der Waals surface area contributed by atoms with Crippen LogP contribution in [0, 0.1) is 0 Å². The molecule has 0 heterocycles. The lowest BCUT2D eigenvalue weighted by Crippen LogP contribution is -2.36. The van der Waals surface area contributed by atoms with Crippen molar-refractivity contribution >= 4 is 23.6 Å². The molecule has 1 rings (SSSR count). The number of nitrogens with one attached hydrogen (secondary N) is 1. The van der Waals surface area contributed by atoms with Crippen LogP contribution in [0.25, 0.3) is 0 Å². The Morgan fingerprint density at radius 1 is 1.30 bits per heavy atom. The summed E-state index contributed by atoms with van der Waals surface area (Å²) in [5.41, 5.74) is 0.962. The predicted octanol–water partition coefficient (Wildman–Crippen LogP) is 2.58. The fourth-order valence-corrected chi connectivity index (χ4v) is 1.88. The number of aromatic carboxylic acids is 1. The van der Waals surface area contributed by atoms with E-state index in [1.165, 1.54) is 0 Å². The van der Waals surface area contributed by atoms with E-state index in [4.69, 9.17) is 5.11 Å². The number of carbonyl (C=O) groups excluding carboxylic acids is 1. The molecule has 20 heavy (non-hydrogen) atoms. The first kappa shape index (κ1) is 16.6. The summed E-state index contributed by atoms with van der Waals surface area (Å²) in [6.45, 7) is 4.74. The summed E-state index contributed by atoms with van der Waals surface area (Å²) >= 11 is 1.70. The molecule has 5 heteroatoms. The van der Waals surface area contributed by atoms with Crippen LogP contribution in [0.3, 0.4) is 0 Å². The molecule has 0 unspecified atom stereocenters. The van der Waals surface area contributed by atoms with Crippen molar-refractivity contribution in [2.24, 2.45) is 0 Å². The molecule has 1 aromatic carbocycles. The molecule has 2 N–H and O–H groups in total. The van der Waals surface area contributed by atoms with Gasteiger partial charge in [0.25, 0.3) is 0 Å². The van der Waals surface area contributed by atoms with E-state index in [1.807, 2.05) is 6.26 Å². The third kappa shape index (κ3) is 5.25. The Labute approximate surface area is 124 Å². The van der Waals surface area contributed by atoms with Crippen LogP contribution in [-0.4, -0.2) is 34.5 Å². The molecule has 0 spiro atoms. The average molecular weight is 295 g/mol. The van der Waals surface area contributed by atoms with Crippen LogP contribution in [0.2, 0.25) is 0 Å². The number of carboxylic acid groups (broad SMARTS) is 1. The quantitative estimate of drug-likeness (QED) is 0.811. The second-order valence-electron chi connectivity index (χ2n) is 5.20. The minimum absolute atomic E-state index is 0.00856. The molecule has 0 aromatic heterocycles. The number of thioether (sulfide) groups is 1. The molecule has 0 aliphatic rings. The van der Waals surface area contributed by atoms with Crippen LogP contribution >= 0.6 is 11.8 Å².